The van der Waals surface area contributed by atoms with Crippen molar-refractivity contribution >= 4 is 0 Å². The molecule has 1 saturated carbocycles. The van der Waals surface area contributed by atoms with Crippen molar-refractivity contribution in [1.29, 1.82) is 0 Å². The zero-order valence-electron chi connectivity index (χ0n) is 13.6. The monoisotopic (exact) mass is 275 g/mol. The van der Waals surface area contributed by atoms with Crippen molar-refractivity contribution in [2.75, 3.05) is 13.7 Å². The van der Waals surface area contributed by atoms with Crippen molar-refractivity contribution in [2.45, 2.75) is 57.9 Å². The number of methoxy groups -OCH3 is 1. The molecule has 0 amide bonds. The van der Waals surface area contributed by atoms with E-state index in [4.69, 9.17) is 4.74 Å². The van der Waals surface area contributed by atoms with Crippen LogP contribution in [0.4, 0.5) is 0 Å². The van der Waals surface area contributed by atoms with E-state index in [1.807, 2.05) is 6.07 Å². The highest BCUT2D eigenvalue weighted by Gasteiger charge is 2.42. The molecule has 1 fully saturated rings. The van der Waals surface area contributed by atoms with Gasteiger partial charge in [-0.3, -0.25) is 0 Å². The van der Waals surface area contributed by atoms with Crippen LogP contribution < -0.4 is 10.1 Å². The average Bonchev–Trinajstić information content (AvgIpc) is 2.78. The number of rotatable bonds is 4. The van der Waals surface area contributed by atoms with Gasteiger partial charge in [-0.2, -0.15) is 0 Å². The molecule has 1 aliphatic rings. The highest BCUT2D eigenvalue weighted by molar-refractivity contribution is 5.36. The van der Waals surface area contributed by atoms with Gasteiger partial charge in [-0.15, -0.1) is 0 Å². The molecule has 1 N–H and O–H groups in total. The van der Waals surface area contributed by atoms with E-state index in [1.54, 1.807) is 7.11 Å². The van der Waals surface area contributed by atoms with Crippen LogP contribution in [0.2, 0.25) is 0 Å². The molecule has 0 aliphatic heterocycles. The lowest BCUT2D eigenvalue weighted by Gasteiger charge is -2.38. The van der Waals surface area contributed by atoms with Gasteiger partial charge in [0.25, 0.3) is 0 Å². The molecule has 2 heteroatoms. The maximum Gasteiger partial charge on any atom is 0.119 e. The van der Waals surface area contributed by atoms with Crippen molar-refractivity contribution in [3.63, 3.8) is 0 Å². The highest BCUT2D eigenvalue weighted by atomic mass is 16.5. The Labute approximate surface area is 123 Å². The summed E-state index contributed by atoms with van der Waals surface area (Å²) in [6, 6.07) is 8.66. The number of hydrogen-bond donors (Lipinski definition) is 1. The minimum absolute atomic E-state index is 0.161. The first-order valence-corrected chi connectivity index (χ1v) is 7.77. The van der Waals surface area contributed by atoms with Gasteiger partial charge in [-0.05, 0) is 57.2 Å². The molecule has 0 spiro atoms. The number of nitrogens with one attached hydrogen (secondary N) is 1. The summed E-state index contributed by atoms with van der Waals surface area (Å²) in [6.45, 7) is 10.2. The Morgan fingerprint density at radius 2 is 2.10 bits per heavy atom. The fraction of sp³-hybridized carbons (Fsp3) is 0.667. The van der Waals surface area contributed by atoms with Gasteiger partial charge in [0.2, 0.25) is 0 Å². The molecular formula is C18H29NO. The Morgan fingerprint density at radius 3 is 2.65 bits per heavy atom. The van der Waals surface area contributed by atoms with Gasteiger partial charge < -0.3 is 10.1 Å². The Balaban J connectivity index is 2.31. The minimum Gasteiger partial charge on any atom is -0.497 e. The predicted octanol–water partition coefficient (Wildman–Crippen LogP) is 4.14. The highest BCUT2D eigenvalue weighted by Crippen LogP contribution is 2.46. The van der Waals surface area contributed by atoms with Gasteiger partial charge in [0.05, 0.1) is 7.11 Å². The van der Waals surface area contributed by atoms with Crippen LogP contribution in [0.15, 0.2) is 24.3 Å². The standard InChI is InChI=1S/C18H29NO/c1-14-8-7-11-18(14,13-19-17(2,3)4)15-9-6-10-16(12-15)20-5/h6,9-10,12,14,19H,7-8,11,13H2,1-5H3. The van der Waals surface area contributed by atoms with E-state index < -0.39 is 0 Å². The molecule has 0 heterocycles. The summed E-state index contributed by atoms with van der Waals surface area (Å²) in [7, 11) is 1.75. The van der Waals surface area contributed by atoms with Crippen molar-refractivity contribution in [1.82, 2.24) is 5.32 Å². The van der Waals surface area contributed by atoms with Crippen molar-refractivity contribution < 1.29 is 4.74 Å². The first kappa shape index (κ1) is 15.4. The molecule has 20 heavy (non-hydrogen) atoms. The molecule has 2 nitrogen and oxygen atoms in total. The summed E-state index contributed by atoms with van der Waals surface area (Å²) in [4.78, 5) is 0. The average molecular weight is 275 g/mol. The molecule has 1 aromatic rings. The smallest absolute Gasteiger partial charge is 0.119 e. The summed E-state index contributed by atoms with van der Waals surface area (Å²) in [5.41, 5.74) is 1.84. The topological polar surface area (TPSA) is 21.3 Å². The maximum atomic E-state index is 5.42. The Hall–Kier alpha value is -1.02. The van der Waals surface area contributed by atoms with E-state index in [-0.39, 0.29) is 11.0 Å². The summed E-state index contributed by atoms with van der Waals surface area (Å²) >= 11 is 0. The number of ether oxygens (including phenoxy) is 1. The molecular weight excluding hydrogens is 246 g/mol. The van der Waals surface area contributed by atoms with Crippen molar-refractivity contribution in [2.24, 2.45) is 5.92 Å². The van der Waals surface area contributed by atoms with Crippen molar-refractivity contribution in [3.8, 4) is 5.75 Å². The second-order valence-corrected chi connectivity index (χ2v) is 7.28. The van der Waals surface area contributed by atoms with Gasteiger partial charge in [-0.25, -0.2) is 0 Å². The van der Waals surface area contributed by atoms with Gasteiger partial charge in [0.1, 0.15) is 5.75 Å². The fourth-order valence-corrected chi connectivity index (χ4v) is 3.40. The van der Waals surface area contributed by atoms with Crippen LogP contribution in [0.5, 0.6) is 5.75 Å². The molecule has 2 rings (SSSR count). The van der Waals surface area contributed by atoms with Crippen LogP contribution in [0, 0.1) is 5.92 Å². The minimum atomic E-state index is 0.161. The van der Waals surface area contributed by atoms with Gasteiger partial charge in [0, 0.05) is 17.5 Å². The molecule has 0 bridgehead atoms. The third-order valence-corrected chi connectivity index (χ3v) is 4.78. The summed E-state index contributed by atoms with van der Waals surface area (Å²) < 4.78 is 5.42. The normalized spacial score (nSPS) is 26.8. The second-order valence-electron chi connectivity index (χ2n) is 7.28. The van der Waals surface area contributed by atoms with Crippen LogP contribution in [0.1, 0.15) is 52.5 Å². The first-order chi connectivity index (χ1) is 9.37. The van der Waals surface area contributed by atoms with Crippen molar-refractivity contribution in [3.05, 3.63) is 29.8 Å². The van der Waals surface area contributed by atoms with Crippen LogP contribution in [0.25, 0.3) is 0 Å². The van der Waals surface area contributed by atoms with Crippen LogP contribution in [0.3, 0.4) is 0 Å². The van der Waals surface area contributed by atoms with Gasteiger partial charge in [0.15, 0.2) is 0 Å². The third-order valence-electron chi connectivity index (χ3n) is 4.78. The fourth-order valence-electron chi connectivity index (χ4n) is 3.40. The zero-order chi connectivity index (χ0) is 14.8. The molecule has 0 aromatic heterocycles. The van der Waals surface area contributed by atoms with Crippen LogP contribution >= 0.6 is 0 Å². The summed E-state index contributed by atoms with van der Waals surface area (Å²) in [5.74, 6) is 1.68. The van der Waals surface area contributed by atoms with E-state index in [0.717, 1.165) is 12.3 Å². The predicted molar refractivity (Wildman–Crippen MR) is 85.4 cm³/mol. The lowest BCUT2D eigenvalue weighted by atomic mass is 9.72. The molecule has 0 saturated heterocycles. The molecule has 2 unspecified atom stereocenters. The summed E-state index contributed by atoms with van der Waals surface area (Å²) in [5, 5.41) is 3.73. The molecule has 0 radical (unpaired) electrons. The SMILES string of the molecule is COc1cccc(C2(CNC(C)(C)C)CCCC2C)c1. The largest absolute Gasteiger partial charge is 0.497 e. The number of hydrogen-bond acceptors (Lipinski definition) is 2. The zero-order valence-corrected chi connectivity index (χ0v) is 13.6. The van der Waals surface area contributed by atoms with Gasteiger partial charge in [-0.1, -0.05) is 25.5 Å². The molecule has 1 aliphatic carbocycles. The quantitative estimate of drug-likeness (QED) is 0.891. The second kappa shape index (κ2) is 5.77. The van der Waals surface area contributed by atoms with E-state index in [2.05, 4.69) is 51.2 Å². The Kier molecular flexibility index (Phi) is 4.43. The van der Waals surface area contributed by atoms with Crippen LogP contribution in [-0.2, 0) is 5.41 Å². The van der Waals surface area contributed by atoms with Gasteiger partial charge >= 0.3 is 0 Å². The lowest BCUT2D eigenvalue weighted by molar-refractivity contribution is 0.278. The Bertz CT molecular complexity index is 449. The van der Waals surface area contributed by atoms with E-state index in [1.165, 1.54) is 24.8 Å². The van der Waals surface area contributed by atoms with Crippen LogP contribution in [-0.4, -0.2) is 19.2 Å². The van der Waals surface area contributed by atoms with E-state index in [0.29, 0.717) is 5.92 Å². The van der Waals surface area contributed by atoms with E-state index >= 15 is 0 Å². The maximum absolute atomic E-state index is 5.42. The first-order valence-electron chi connectivity index (χ1n) is 7.77. The molecule has 1 aromatic carbocycles. The van der Waals surface area contributed by atoms with E-state index in [9.17, 15) is 0 Å². The lowest BCUT2D eigenvalue weighted by Crippen LogP contribution is -2.47. The Morgan fingerprint density at radius 1 is 1.35 bits per heavy atom. The molecule has 112 valence electrons. The summed E-state index contributed by atoms with van der Waals surface area (Å²) in [6.07, 6.45) is 3.91. The number of benzene rings is 1. The molecule has 2 atom stereocenters. The third kappa shape index (κ3) is 3.17.